The molecule has 150 valence electrons. The van der Waals surface area contributed by atoms with Crippen molar-refractivity contribution in [1.29, 1.82) is 0 Å². The Bertz CT molecular complexity index is 989. The number of amides is 1. The standard InChI is InChI=1S/C20H17FN2O6/c1-26-15-8-11(9-16(27-2)18(15)28-10-17(22)24)7-14-20(25)29-19(23-14)12-3-5-13(21)6-4-12/h3-9H,10H2,1-2H3,(H2,22,24)/b14-7-. The van der Waals surface area contributed by atoms with Gasteiger partial charge < -0.3 is 24.7 Å². The van der Waals surface area contributed by atoms with E-state index in [-0.39, 0.29) is 35.5 Å². The molecule has 0 saturated heterocycles. The molecule has 0 atom stereocenters. The fraction of sp³-hybridized carbons (Fsp3) is 0.150. The molecule has 0 spiro atoms. The molecule has 0 aromatic heterocycles. The van der Waals surface area contributed by atoms with E-state index >= 15 is 0 Å². The number of rotatable bonds is 7. The lowest BCUT2D eigenvalue weighted by Gasteiger charge is -2.14. The van der Waals surface area contributed by atoms with Gasteiger partial charge in [-0.1, -0.05) is 0 Å². The number of ether oxygens (including phenoxy) is 4. The number of carbonyl (C=O) groups is 2. The van der Waals surface area contributed by atoms with Crippen molar-refractivity contribution in [3.63, 3.8) is 0 Å². The number of cyclic esters (lactones) is 1. The number of methoxy groups -OCH3 is 2. The highest BCUT2D eigenvalue weighted by Gasteiger charge is 2.25. The van der Waals surface area contributed by atoms with Crippen LogP contribution in [0.5, 0.6) is 17.2 Å². The van der Waals surface area contributed by atoms with E-state index < -0.39 is 17.7 Å². The number of nitrogens with zero attached hydrogens (tertiary/aromatic N) is 1. The van der Waals surface area contributed by atoms with Gasteiger partial charge in [-0.05, 0) is 48.0 Å². The van der Waals surface area contributed by atoms with Crippen LogP contribution in [0, 0.1) is 5.82 Å². The fourth-order valence-electron chi connectivity index (χ4n) is 2.55. The normalized spacial score (nSPS) is 14.4. The van der Waals surface area contributed by atoms with Gasteiger partial charge in [-0.3, -0.25) is 4.79 Å². The van der Waals surface area contributed by atoms with Crippen LogP contribution in [0.2, 0.25) is 0 Å². The maximum absolute atomic E-state index is 13.1. The molecule has 2 N–H and O–H groups in total. The molecular weight excluding hydrogens is 383 g/mol. The molecule has 29 heavy (non-hydrogen) atoms. The molecule has 2 aromatic rings. The van der Waals surface area contributed by atoms with Crippen LogP contribution in [0.25, 0.3) is 6.08 Å². The Labute approximate surface area is 165 Å². The Morgan fingerprint density at radius 2 is 1.79 bits per heavy atom. The lowest BCUT2D eigenvalue weighted by atomic mass is 10.1. The van der Waals surface area contributed by atoms with Crippen molar-refractivity contribution >= 4 is 23.9 Å². The lowest BCUT2D eigenvalue weighted by Crippen LogP contribution is -2.20. The highest BCUT2D eigenvalue weighted by molar-refractivity contribution is 6.12. The number of carbonyl (C=O) groups excluding carboxylic acids is 2. The molecule has 0 radical (unpaired) electrons. The van der Waals surface area contributed by atoms with E-state index in [9.17, 15) is 14.0 Å². The number of nitrogens with two attached hydrogens (primary N) is 1. The van der Waals surface area contributed by atoms with E-state index in [0.717, 1.165) is 0 Å². The Morgan fingerprint density at radius 1 is 1.17 bits per heavy atom. The Hall–Kier alpha value is -3.88. The van der Waals surface area contributed by atoms with Gasteiger partial charge in [-0.2, -0.15) is 0 Å². The summed E-state index contributed by atoms with van der Waals surface area (Å²) in [5, 5.41) is 0. The summed E-state index contributed by atoms with van der Waals surface area (Å²) in [6.45, 7) is -0.356. The highest BCUT2D eigenvalue weighted by atomic mass is 19.1. The second kappa shape index (κ2) is 8.42. The SMILES string of the molecule is COc1cc(/C=C2\N=C(c3ccc(F)cc3)OC2=O)cc(OC)c1OCC(N)=O. The van der Waals surface area contributed by atoms with Gasteiger partial charge in [-0.15, -0.1) is 0 Å². The maximum Gasteiger partial charge on any atom is 0.363 e. The third-order valence-corrected chi connectivity index (χ3v) is 3.86. The van der Waals surface area contributed by atoms with E-state index in [1.165, 1.54) is 44.6 Å². The molecule has 9 heteroatoms. The molecular formula is C20H17FN2O6. The Kier molecular flexibility index (Phi) is 5.77. The number of primary amides is 1. The van der Waals surface area contributed by atoms with Crippen molar-refractivity contribution in [3.05, 3.63) is 59.0 Å². The number of hydrogen-bond donors (Lipinski definition) is 1. The van der Waals surface area contributed by atoms with Gasteiger partial charge >= 0.3 is 5.97 Å². The van der Waals surface area contributed by atoms with Crippen LogP contribution < -0.4 is 19.9 Å². The summed E-state index contributed by atoms with van der Waals surface area (Å²) in [6, 6.07) is 8.56. The summed E-state index contributed by atoms with van der Waals surface area (Å²) in [5.41, 5.74) is 6.13. The molecule has 0 saturated carbocycles. The van der Waals surface area contributed by atoms with Gasteiger partial charge in [0.1, 0.15) is 5.82 Å². The Morgan fingerprint density at radius 3 is 2.34 bits per heavy atom. The van der Waals surface area contributed by atoms with E-state index in [2.05, 4.69) is 4.99 Å². The molecule has 1 aliphatic heterocycles. The van der Waals surface area contributed by atoms with Crippen LogP contribution in [0.3, 0.4) is 0 Å². The second-order valence-corrected chi connectivity index (χ2v) is 5.85. The summed E-state index contributed by atoms with van der Waals surface area (Å²) < 4.78 is 34.1. The van der Waals surface area contributed by atoms with Crippen molar-refractivity contribution in [1.82, 2.24) is 0 Å². The largest absolute Gasteiger partial charge is 0.493 e. The van der Waals surface area contributed by atoms with Crippen LogP contribution in [-0.4, -0.2) is 38.6 Å². The topological polar surface area (TPSA) is 109 Å². The molecule has 2 aromatic carbocycles. The highest BCUT2D eigenvalue weighted by Crippen LogP contribution is 2.39. The van der Waals surface area contributed by atoms with Crippen LogP contribution in [0.1, 0.15) is 11.1 Å². The lowest BCUT2D eigenvalue weighted by molar-refractivity contribution is -0.130. The fourth-order valence-corrected chi connectivity index (χ4v) is 2.55. The third-order valence-electron chi connectivity index (χ3n) is 3.86. The molecule has 0 unspecified atom stereocenters. The monoisotopic (exact) mass is 400 g/mol. The molecule has 0 aliphatic carbocycles. The first-order valence-corrected chi connectivity index (χ1v) is 8.37. The number of benzene rings is 2. The van der Waals surface area contributed by atoms with Gasteiger partial charge in [0.25, 0.3) is 5.91 Å². The minimum absolute atomic E-state index is 0.0410. The van der Waals surface area contributed by atoms with Crippen LogP contribution in [-0.2, 0) is 14.3 Å². The van der Waals surface area contributed by atoms with Crippen LogP contribution in [0.4, 0.5) is 4.39 Å². The van der Waals surface area contributed by atoms with Crippen molar-refractivity contribution in [2.24, 2.45) is 10.7 Å². The average molecular weight is 400 g/mol. The molecule has 0 fully saturated rings. The third kappa shape index (κ3) is 4.52. The first kappa shape index (κ1) is 19.9. The minimum Gasteiger partial charge on any atom is -0.493 e. The molecule has 1 heterocycles. The summed E-state index contributed by atoms with van der Waals surface area (Å²) >= 11 is 0. The number of aliphatic imine (C=N–C) groups is 1. The predicted molar refractivity (Wildman–Crippen MR) is 101 cm³/mol. The summed E-state index contributed by atoms with van der Waals surface area (Å²) in [5.74, 6) is -0.916. The molecule has 0 bridgehead atoms. The van der Waals surface area contributed by atoms with Crippen molar-refractivity contribution in [3.8, 4) is 17.2 Å². The van der Waals surface area contributed by atoms with Gasteiger partial charge in [-0.25, -0.2) is 14.2 Å². The predicted octanol–water partition coefficient (Wildman–Crippen LogP) is 2.05. The number of esters is 1. The van der Waals surface area contributed by atoms with Crippen LogP contribution in [0.15, 0.2) is 47.1 Å². The van der Waals surface area contributed by atoms with Gasteiger partial charge in [0.15, 0.2) is 23.8 Å². The Balaban J connectivity index is 1.95. The molecule has 3 rings (SSSR count). The van der Waals surface area contributed by atoms with E-state index in [1.807, 2.05) is 0 Å². The van der Waals surface area contributed by atoms with Gasteiger partial charge in [0.05, 0.1) is 14.2 Å². The van der Waals surface area contributed by atoms with Crippen molar-refractivity contribution < 1.29 is 32.9 Å². The molecule has 1 aliphatic rings. The van der Waals surface area contributed by atoms with Crippen molar-refractivity contribution in [2.75, 3.05) is 20.8 Å². The zero-order valence-corrected chi connectivity index (χ0v) is 15.6. The molecule has 1 amide bonds. The zero-order chi connectivity index (χ0) is 21.0. The first-order valence-electron chi connectivity index (χ1n) is 8.37. The van der Waals surface area contributed by atoms with Gasteiger partial charge in [0, 0.05) is 5.56 Å². The van der Waals surface area contributed by atoms with Crippen LogP contribution >= 0.6 is 0 Å². The first-order chi connectivity index (χ1) is 13.9. The summed E-state index contributed by atoms with van der Waals surface area (Å²) in [4.78, 5) is 27.3. The second-order valence-electron chi connectivity index (χ2n) is 5.85. The minimum atomic E-state index is -0.656. The summed E-state index contributed by atoms with van der Waals surface area (Å²) in [6.07, 6.45) is 1.47. The quantitative estimate of drug-likeness (QED) is 0.563. The number of halogens is 1. The van der Waals surface area contributed by atoms with E-state index in [0.29, 0.717) is 11.1 Å². The van der Waals surface area contributed by atoms with Crippen molar-refractivity contribution in [2.45, 2.75) is 0 Å². The number of hydrogen-bond acceptors (Lipinski definition) is 7. The maximum atomic E-state index is 13.1. The zero-order valence-electron chi connectivity index (χ0n) is 15.6. The van der Waals surface area contributed by atoms with E-state index in [4.69, 9.17) is 24.7 Å². The van der Waals surface area contributed by atoms with Gasteiger partial charge in [0.2, 0.25) is 11.6 Å². The molecule has 8 nitrogen and oxygen atoms in total. The smallest absolute Gasteiger partial charge is 0.363 e. The van der Waals surface area contributed by atoms with E-state index in [1.54, 1.807) is 12.1 Å². The average Bonchev–Trinajstić information content (AvgIpc) is 3.06. The summed E-state index contributed by atoms with van der Waals surface area (Å²) in [7, 11) is 2.83.